The van der Waals surface area contributed by atoms with Crippen molar-refractivity contribution in [3.8, 4) is 0 Å². The van der Waals surface area contributed by atoms with Crippen LogP contribution in [0.5, 0.6) is 0 Å². The maximum Gasteiger partial charge on any atom is 0.0647 e. The van der Waals surface area contributed by atoms with Crippen LogP contribution in [0.1, 0.15) is 27.7 Å². The van der Waals surface area contributed by atoms with Crippen LogP contribution in [0.25, 0.3) is 0 Å². The summed E-state index contributed by atoms with van der Waals surface area (Å²) in [6.07, 6.45) is 0. The van der Waals surface area contributed by atoms with Gasteiger partial charge in [0.15, 0.2) is 0 Å². The molecule has 0 rings (SSSR count). The van der Waals surface area contributed by atoms with E-state index in [2.05, 4.69) is 0 Å². The molecule has 0 bridgehead atoms. The lowest BCUT2D eigenvalue weighted by molar-refractivity contribution is -0.0212. The van der Waals surface area contributed by atoms with E-state index in [1.165, 1.54) is 0 Å². The minimum Gasteiger partial charge on any atom is -0.380 e. The maximum atomic E-state index is 5.72. The van der Waals surface area contributed by atoms with Crippen molar-refractivity contribution in [3.63, 3.8) is 0 Å². The molecule has 2 N–H and O–H groups in total. The Hall–Kier alpha value is -0.120. The van der Waals surface area contributed by atoms with E-state index in [0.29, 0.717) is 19.8 Å². The highest BCUT2D eigenvalue weighted by Crippen LogP contribution is 2.06. The van der Waals surface area contributed by atoms with Crippen molar-refractivity contribution in [2.45, 2.75) is 39.3 Å². The second-order valence-electron chi connectivity index (χ2n) is 3.84. The van der Waals surface area contributed by atoms with Crippen molar-refractivity contribution in [3.05, 3.63) is 0 Å². The van der Waals surface area contributed by atoms with Gasteiger partial charge >= 0.3 is 0 Å². The number of hydrogen-bond donors (Lipinski definition) is 1. The van der Waals surface area contributed by atoms with Gasteiger partial charge < -0.3 is 15.2 Å². The Kier molecular flexibility index (Phi) is 5.46. The van der Waals surface area contributed by atoms with E-state index in [1.54, 1.807) is 0 Å². The summed E-state index contributed by atoms with van der Waals surface area (Å²) in [4.78, 5) is 0. The molecule has 0 aromatic carbocycles. The third-order valence-corrected chi connectivity index (χ3v) is 1.27. The third kappa shape index (κ3) is 7.98. The van der Waals surface area contributed by atoms with E-state index in [4.69, 9.17) is 15.2 Å². The van der Waals surface area contributed by atoms with Crippen LogP contribution >= 0.6 is 0 Å². The lowest BCUT2D eigenvalue weighted by Gasteiger charge is -2.22. The summed E-state index contributed by atoms with van der Waals surface area (Å²) < 4.78 is 10.6. The van der Waals surface area contributed by atoms with Crippen molar-refractivity contribution in [2.24, 2.45) is 5.73 Å². The van der Waals surface area contributed by atoms with Gasteiger partial charge in [0.1, 0.15) is 0 Å². The molecule has 1 atom stereocenters. The average Bonchev–Trinajstić information content (AvgIpc) is 1.95. The number of rotatable bonds is 5. The fraction of sp³-hybridized carbons (Fsp3) is 1.00. The van der Waals surface area contributed by atoms with E-state index >= 15 is 0 Å². The SMILES string of the molecule is CCOCC(N)COC(C)(C)C. The minimum atomic E-state index is -0.107. The Morgan fingerprint density at radius 2 is 1.83 bits per heavy atom. The molecule has 0 radical (unpaired) electrons. The molecule has 0 aromatic heterocycles. The molecule has 0 aliphatic rings. The highest BCUT2D eigenvalue weighted by atomic mass is 16.5. The Morgan fingerprint density at radius 3 is 2.25 bits per heavy atom. The Bertz CT molecular complexity index is 110. The Balaban J connectivity index is 3.37. The third-order valence-electron chi connectivity index (χ3n) is 1.27. The molecule has 0 fully saturated rings. The van der Waals surface area contributed by atoms with Gasteiger partial charge in [-0.25, -0.2) is 0 Å². The average molecular weight is 175 g/mol. The zero-order valence-electron chi connectivity index (χ0n) is 8.59. The van der Waals surface area contributed by atoms with Crippen LogP contribution in [-0.4, -0.2) is 31.5 Å². The van der Waals surface area contributed by atoms with Crippen LogP contribution in [0, 0.1) is 0 Å². The van der Waals surface area contributed by atoms with Crippen molar-refractivity contribution >= 4 is 0 Å². The first-order valence-electron chi connectivity index (χ1n) is 4.43. The van der Waals surface area contributed by atoms with Gasteiger partial charge in [-0.15, -0.1) is 0 Å². The molecular weight excluding hydrogens is 154 g/mol. The standard InChI is InChI=1S/C9H21NO2/c1-5-11-6-8(10)7-12-9(2,3)4/h8H,5-7,10H2,1-4H3. The smallest absolute Gasteiger partial charge is 0.0647 e. The van der Waals surface area contributed by atoms with Gasteiger partial charge in [0.2, 0.25) is 0 Å². The van der Waals surface area contributed by atoms with Gasteiger partial charge in [0.05, 0.1) is 24.9 Å². The van der Waals surface area contributed by atoms with Crippen LogP contribution < -0.4 is 5.73 Å². The summed E-state index contributed by atoms with van der Waals surface area (Å²) >= 11 is 0. The Morgan fingerprint density at radius 1 is 1.25 bits per heavy atom. The first-order valence-corrected chi connectivity index (χ1v) is 4.43. The van der Waals surface area contributed by atoms with Crippen LogP contribution in [0.3, 0.4) is 0 Å². The second-order valence-corrected chi connectivity index (χ2v) is 3.84. The van der Waals surface area contributed by atoms with Crippen LogP contribution in [0.2, 0.25) is 0 Å². The number of hydrogen-bond acceptors (Lipinski definition) is 3. The molecule has 0 heterocycles. The molecule has 0 aliphatic carbocycles. The highest BCUT2D eigenvalue weighted by Gasteiger charge is 2.12. The maximum absolute atomic E-state index is 5.72. The van der Waals surface area contributed by atoms with E-state index < -0.39 is 0 Å². The van der Waals surface area contributed by atoms with Crippen molar-refractivity contribution in [1.82, 2.24) is 0 Å². The summed E-state index contributed by atoms with van der Waals surface area (Å²) in [5, 5.41) is 0. The molecule has 3 heteroatoms. The largest absolute Gasteiger partial charge is 0.380 e. The topological polar surface area (TPSA) is 44.5 Å². The molecule has 12 heavy (non-hydrogen) atoms. The van der Waals surface area contributed by atoms with Crippen LogP contribution in [0.15, 0.2) is 0 Å². The van der Waals surface area contributed by atoms with Crippen LogP contribution in [0.4, 0.5) is 0 Å². The van der Waals surface area contributed by atoms with E-state index in [-0.39, 0.29) is 11.6 Å². The first-order chi connectivity index (χ1) is 5.45. The van der Waals surface area contributed by atoms with Crippen LogP contribution in [-0.2, 0) is 9.47 Å². The molecular formula is C9H21NO2. The molecule has 0 aliphatic heterocycles. The zero-order valence-corrected chi connectivity index (χ0v) is 8.59. The molecule has 0 spiro atoms. The predicted octanol–water partition coefficient (Wildman–Crippen LogP) is 1.17. The summed E-state index contributed by atoms with van der Waals surface area (Å²) in [5.41, 5.74) is 5.61. The van der Waals surface area contributed by atoms with E-state index in [1.807, 2.05) is 27.7 Å². The highest BCUT2D eigenvalue weighted by molar-refractivity contribution is 4.64. The van der Waals surface area contributed by atoms with Crippen molar-refractivity contribution in [2.75, 3.05) is 19.8 Å². The first kappa shape index (κ1) is 11.9. The molecule has 3 nitrogen and oxygen atoms in total. The minimum absolute atomic E-state index is 0.0100. The van der Waals surface area contributed by atoms with Gasteiger partial charge in [0.25, 0.3) is 0 Å². The monoisotopic (exact) mass is 175 g/mol. The van der Waals surface area contributed by atoms with E-state index in [9.17, 15) is 0 Å². The molecule has 1 unspecified atom stereocenters. The molecule has 74 valence electrons. The van der Waals surface area contributed by atoms with Gasteiger partial charge in [0, 0.05) is 6.61 Å². The normalized spacial score (nSPS) is 14.8. The summed E-state index contributed by atoms with van der Waals surface area (Å²) in [6, 6.07) is -0.0100. The molecule has 0 saturated heterocycles. The molecule has 0 aromatic rings. The fourth-order valence-corrected chi connectivity index (χ4v) is 0.674. The summed E-state index contributed by atoms with van der Waals surface area (Å²) in [6.45, 7) is 9.85. The zero-order chi connectivity index (χ0) is 9.61. The fourth-order valence-electron chi connectivity index (χ4n) is 0.674. The number of ether oxygens (including phenoxy) is 2. The quantitative estimate of drug-likeness (QED) is 0.682. The lowest BCUT2D eigenvalue weighted by Crippen LogP contribution is -2.35. The van der Waals surface area contributed by atoms with Gasteiger partial charge in [-0.05, 0) is 27.7 Å². The number of nitrogens with two attached hydrogens (primary N) is 1. The summed E-state index contributed by atoms with van der Waals surface area (Å²) in [5.74, 6) is 0. The van der Waals surface area contributed by atoms with E-state index in [0.717, 1.165) is 0 Å². The van der Waals surface area contributed by atoms with Crippen molar-refractivity contribution in [1.29, 1.82) is 0 Å². The van der Waals surface area contributed by atoms with Gasteiger partial charge in [-0.3, -0.25) is 0 Å². The Labute approximate surface area is 75.2 Å². The summed E-state index contributed by atoms with van der Waals surface area (Å²) in [7, 11) is 0. The second kappa shape index (κ2) is 5.51. The molecule has 0 amide bonds. The van der Waals surface area contributed by atoms with Crippen molar-refractivity contribution < 1.29 is 9.47 Å². The lowest BCUT2D eigenvalue weighted by atomic mass is 10.2. The predicted molar refractivity (Wildman–Crippen MR) is 50.2 cm³/mol. The van der Waals surface area contributed by atoms with Gasteiger partial charge in [-0.1, -0.05) is 0 Å². The van der Waals surface area contributed by atoms with Gasteiger partial charge in [-0.2, -0.15) is 0 Å². The molecule has 0 saturated carbocycles.